The number of hydrogen-bond acceptors (Lipinski definition) is 3. The molecular formula is C46H36BrN5. The molecule has 0 radical (unpaired) electrons. The molecule has 0 bridgehead atoms. The minimum atomic E-state index is -0.193. The van der Waals surface area contributed by atoms with Crippen molar-refractivity contribution < 1.29 is 21.9 Å². The SMILES string of the molecule is Cn1c(-c2ccccc2)c(C=CC2N(c3ccccc3)c3nc(-c4ccccc4)c(-c4ccccc4)nc3[NH+]2c2ccccc2)c2ccccc21.[Br-]. The number of nitrogens with one attached hydrogen (secondary N) is 1. The molecule has 2 unspecified atom stereocenters. The molecule has 0 saturated heterocycles. The van der Waals surface area contributed by atoms with E-state index in [9.17, 15) is 0 Å². The second-order valence-corrected chi connectivity index (χ2v) is 12.8. The van der Waals surface area contributed by atoms with Gasteiger partial charge in [0, 0.05) is 40.3 Å². The van der Waals surface area contributed by atoms with Crippen LogP contribution >= 0.6 is 0 Å². The zero-order valence-corrected chi connectivity index (χ0v) is 30.2. The maximum atomic E-state index is 5.58. The summed E-state index contributed by atoms with van der Waals surface area (Å²) in [4.78, 5) is 14.6. The predicted octanol–water partition coefficient (Wildman–Crippen LogP) is 7.01. The van der Waals surface area contributed by atoms with Crippen LogP contribution < -0.4 is 26.8 Å². The first-order chi connectivity index (χ1) is 25.3. The maximum absolute atomic E-state index is 5.58. The molecule has 5 nitrogen and oxygen atoms in total. The van der Waals surface area contributed by atoms with Crippen molar-refractivity contribution in [1.29, 1.82) is 0 Å². The lowest BCUT2D eigenvalue weighted by Gasteiger charge is -2.25. The van der Waals surface area contributed by atoms with Gasteiger partial charge >= 0.3 is 0 Å². The van der Waals surface area contributed by atoms with Crippen molar-refractivity contribution >= 4 is 40.0 Å². The topological polar surface area (TPSA) is 38.4 Å². The minimum absolute atomic E-state index is 0. The van der Waals surface area contributed by atoms with E-state index in [4.69, 9.17) is 9.97 Å². The lowest BCUT2D eigenvalue weighted by molar-refractivity contribution is -0.776. The Morgan fingerprint density at radius 2 is 1.06 bits per heavy atom. The van der Waals surface area contributed by atoms with E-state index in [1.54, 1.807) is 0 Å². The van der Waals surface area contributed by atoms with E-state index < -0.39 is 0 Å². The van der Waals surface area contributed by atoms with Crippen LogP contribution in [0.1, 0.15) is 5.56 Å². The van der Waals surface area contributed by atoms with Gasteiger partial charge in [-0.15, -0.1) is 0 Å². The summed E-state index contributed by atoms with van der Waals surface area (Å²) in [6, 6.07) is 61.4. The number of rotatable bonds is 7. The molecule has 252 valence electrons. The van der Waals surface area contributed by atoms with Crippen LogP contribution in [0.5, 0.6) is 0 Å². The number of halogens is 1. The first kappa shape index (κ1) is 33.1. The van der Waals surface area contributed by atoms with Gasteiger partial charge in [-0.1, -0.05) is 146 Å². The number of fused-ring (bicyclic) bond motifs is 2. The van der Waals surface area contributed by atoms with Crippen molar-refractivity contribution in [3.05, 3.63) is 188 Å². The van der Waals surface area contributed by atoms with Gasteiger partial charge in [0.15, 0.2) is 6.17 Å². The summed E-state index contributed by atoms with van der Waals surface area (Å²) in [5.74, 6) is 1.73. The standard InChI is InChI=1S/C46H35N5.BrH/c1-49-40-30-18-17-29-38(40)39(44(49)35-23-11-4-12-24-35)31-32-41-50(36-25-13-5-14-26-36)45-46(51(41)37-27-15-6-16-28-37)48-43(34-21-9-3-10-22-34)42(47-45)33-19-7-2-8-20-33;/h2-32,41H,1H3;1H. The monoisotopic (exact) mass is 737 g/mol. The van der Waals surface area contributed by atoms with Crippen molar-refractivity contribution in [2.45, 2.75) is 6.17 Å². The van der Waals surface area contributed by atoms with Crippen molar-refractivity contribution in [3.8, 4) is 33.8 Å². The molecule has 0 amide bonds. The molecule has 1 aliphatic rings. The highest BCUT2D eigenvalue weighted by Gasteiger charge is 2.45. The Kier molecular flexibility index (Phi) is 9.08. The zero-order chi connectivity index (χ0) is 34.1. The largest absolute Gasteiger partial charge is 1.00 e. The Hall–Kier alpha value is -6.08. The summed E-state index contributed by atoms with van der Waals surface area (Å²) < 4.78 is 2.31. The highest BCUT2D eigenvalue weighted by atomic mass is 79.9. The van der Waals surface area contributed by atoms with E-state index in [0.717, 1.165) is 50.4 Å². The molecule has 9 rings (SSSR count). The molecule has 6 heteroatoms. The fraction of sp³-hybridized carbons (Fsp3) is 0.0435. The molecule has 3 heterocycles. The average Bonchev–Trinajstić information content (AvgIpc) is 3.68. The Balaban J connectivity index is 0.00000387. The lowest BCUT2D eigenvalue weighted by Crippen LogP contribution is -3.06. The smallest absolute Gasteiger partial charge is 0.277 e. The van der Waals surface area contributed by atoms with Gasteiger partial charge in [-0.25, -0.2) is 9.88 Å². The number of benzene rings is 6. The first-order valence-electron chi connectivity index (χ1n) is 17.4. The first-order valence-corrected chi connectivity index (χ1v) is 17.4. The van der Waals surface area contributed by atoms with Crippen LogP contribution in [-0.4, -0.2) is 20.7 Å². The normalized spacial score (nSPS) is 15.1. The molecule has 52 heavy (non-hydrogen) atoms. The molecule has 0 spiro atoms. The van der Waals surface area contributed by atoms with Crippen LogP contribution in [0.15, 0.2) is 182 Å². The lowest BCUT2D eigenvalue weighted by atomic mass is 10.0. The van der Waals surface area contributed by atoms with E-state index >= 15 is 0 Å². The van der Waals surface area contributed by atoms with E-state index in [0.29, 0.717) is 0 Å². The molecule has 2 aromatic heterocycles. The zero-order valence-electron chi connectivity index (χ0n) is 28.6. The van der Waals surface area contributed by atoms with Crippen LogP contribution in [-0.2, 0) is 7.05 Å². The Morgan fingerprint density at radius 3 is 1.67 bits per heavy atom. The number of quaternary nitrogens is 1. The van der Waals surface area contributed by atoms with Crippen LogP contribution in [0.2, 0.25) is 0 Å². The molecule has 0 saturated carbocycles. The number of hydrogen-bond donors (Lipinski definition) is 1. The number of nitrogens with zero attached hydrogens (tertiary/aromatic N) is 4. The van der Waals surface area contributed by atoms with Crippen LogP contribution in [0, 0.1) is 0 Å². The van der Waals surface area contributed by atoms with Gasteiger partial charge in [0.25, 0.3) is 5.82 Å². The highest BCUT2D eigenvalue weighted by Crippen LogP contribution is 2.41. The molecule has 8 aromatic rings. The number of para-hydroxylation sites is 3. The molecule has 0 aliphatic carbocycles. The van der Waals surface area contributed by atoms with Crippen molar-refractivity contribution in [2.75, 3.05) is 4.90 Å². The van der Waals surface area contributed by atoms with Gasteiger partial charge in [-0.3, -0.25) is 4.90 Å². The summed E-state index contributed by atoms with van der Waals surface area (Å²) in [6.07, 6.45) is 4.47. The minimum Gasteiger partial charge on any atom is -1.00 e. The predicted molar refractivity (Wildman–Crippen MR) is 209 cm³/mol. The second kappa shape index (κ2) is 14.3. The average molecular weight is 739 g/mol. The van der Waals surface area contributed by atoms with Crippen LogP contribution in [0.4, 0.5) is 23.0 Å². The van der Waals surface area contributed by atoms with Gasteiger partial charge in [0.05, 0.1) is 11.4 Å². The maximum Gasteiger partial charge on any atom is 0.277 e. The fourth-order valence-corrected chi connectivity index (χ4v) is 7.47. The highest BCUT2D eigenvalue weighted by molar-refractivity contribution is 5.97. The van der Waals surface area contributed by atoms with Gasteiger partial charge in [-0.05, 0) is 48.0 Å². The molecule has 1 N–H and O–H groups in total. The van der Waals surface area contributed by atoms with E-state index in [1.165, 1.54) is 27.7 Å². The van der Waals surface area contributed by atoms with Gasteiger partial charge < -0.3 is 21.5 Å². The number of anilines is 2. The summed E-state index contributed by atoms with van der Waals surface area (Å²) >= 11 is 0. The Bertz CT molecular complexity index is 2370. The van der Waals surface area contributed by atoms with Gasteiger partial charge in [0.2, 0.25) is 5.82 Å². The third kappa shape index (κ3) is 5.82. The van der Waals surface area contributed by atoms with Crippen molar-refractivity contribution in [1.82, 2.24) is 14.5 Å². The molecular weight excluding hydrogens is 702 g/mol. The number of aromatic nitrogens is 3. The number of aryl methyl sites for hydroxylation is 1. The van der Waals surface area contributed by atoms with E-state index in [-0.39, 0.29) is 23.1 Å². The molecule has 2 atom stereocenters. The third-order valence-electron chi connectivity index (χ3n) is 9.79. The summed E-state index contributed by atoms with van der Waals surface area (Å²) in [6.45, 7) is 0. The fourth-order valence-electron chi connectivity index (χ4n) is 7.47. The van der Waals surface area contributed by atoms with Crippen molar-refractivity contribution in [2.24, 2.45) is 7.05 Å². The third-order valence-corrected chi connectivity index (χ3v) is 9.79. The summed E-state index contributed by atoms with van der Waals surface area (Å²) in [5.41, 5.74) is 10.7. The van der Waals surface area contributed by atoms with Crippen LogP contribution in [0.25, 0.3) is 50.8 Å². The molecule has 1 aliphatic heterocycles. The van der Waals surface area contributed by atoms with Crippen molar-refractivity contribution in [3.63, 3.8) is 0 Å². The summed E-state index contributed by atoms with van der Waals surface area (Å²) in [7, 11) is 2.16. The van der Waals surface area contributed by atoms with Gasteiger partial charge in [0.1, 0.15) is 11.4 Å². The molecule has 0 fully saturated rings. The quantitative estimate of drug-likeness (QED) is 0.191. The van der Waals surface area contributed by atoms with E-state index in [1.807, 2.05) is 12.1 Å². The van der Waals surface area contributed by atoms with Crippen LogP contribution in [0.3, 0.4) is 0 Å². The van der Waals surface area contributed by atoms with E-state index in [2.05, 4.69) is 192 Å². The Labute approximate surface area is 314 Å². The molecule has 6 aromatic carbocycles. The van der Waals surface area contributed by atoms with Gasteiger partial charge in [-0.2, -0.15) is 4.98 Å². The Morgan fingerprint density at radius 1 is 0.558 bits per heavy atom. The summed E-state index contributed by atoms with van der Waals surface area (Å²) in [5, 5.41) is 1.21. The second-order valence-electron chi connectivity index (χ2n) is 12.8.